The van der Waals surface area contributed by atoms with Crippen LogP contribution >= 0.6 is 11.6 Å². The Morgan fingerprint density at radius 2 is 1.71 bits per heavy atom. The molecule has 0 bridgehead atoms. The Kier molecular flexibility index (Phi) is 3.93. The highest BCUT2D eigenvalue weighted by Gasteiger charge is 2.76. The van der Waals surface area contributed by atoms with Gasteiger partial charge in [-0.05, 0) is 44.2 Å². The maximum absolute atomic E-state index is 13.0. The number of piperidine rings is 2. The molecule has 1 aliphatic heterocycles. The quantitative estimate of drug-likeness (QED) is 0.720. The predicted octanol–water partition coefficient (Wildman–Crippen LogP) is 4.94. The van der Waals surface area contributed by atoms with Crippen LogP contribution in [0.1, 0.15) is 70.3 Å². The molecule has 2 unspecified atom stereocenters. The lowest BCUT2D eigenvalue weighted by atomic mass is 9.39. The van der Waals surface area contributed by atoms with Gasteiger partial charge < -0.3 is 4.57 Å². The van der Waals surface area contributed by atoms with E-state index in [0.717, 1.165) is 23.5 Å². The monoisotopic (exact) mass is 397 g/mol. The number of likely N-dealkylation sites (tertiary alicyclic amines) is 1. The Morgan fingerprint density at radius 3 is 2.43 bits per heavy atom. The SMILES string of the molecule is O=c1c(Cl)nc2ccccc2n1[C@@H]1C[C@H]2N(C3CCCCCCC3)C3CCC321. The highest BCUT2D eigenvalue weighted by molar-refractivity contribution is 6.29. The van der Waals surface area contributed by atoms with Gasteiger partial charge in [-0.25, -0.2) is 4.98 Å². The molecule has 5 heteroatoms. The van der Waals surface area contributed by atoms with Crippen molar-refractivity contribution < 1.29 is 0 Å². The molecular weight excluding hydrogens is 370 g/mol. The molecule has 1 saturated heterocycles. The number of fused-ring (bicyclic) bond motifs is 1. The molecule has 1 spiro atoms. The Bertz CT molecular complexity index is 971. The summed E-state index contributed by atoms with van der Waals surface area (Å²) in [5.74, 6) is 0. The number of halogens is 1. The lowest BCUT2D eigenvalue weighted by Crippen LogP contribution is -2.86. The molecule has 4 nitrogen and oxygen atoms in total. The van der Waals surface area contributed by atoms with Crippen LogP contribution in [0.25, 0.3) is 11.0 Å². The van der Waals surface area contributed by atoms with Crippen molar-refractivity contribution in [1.82, 2.24) is 14.5 Å². The van der Waals surface area contributed by atoms with E-state index in [9.17, 15) is 4.79 Å². The van der Waals surface area contributed by atoms with Crippen LogP contribution in [-0.2, 0) is 0 Å². The fraction of sp³-hybridized carbons (Fsp3) is 0.652. The fourth-order valence-electron chi connectivity index (χ4n) is 7.08. The van der Waals surface area contributed by atoms with Crippen LogP contribution in [0.2, 0.25) is 5.15 Å². The summed E-state index contributed by atoms with van der Waals surface area (Å²) in [5, 5.41) is 0.116. The zero-order valence-corrected chi connectivity index (χ0v) is 17.1. The summed E-state index contributed by atoms with van der Waals surface area (Å²) in [4.78, 5) is 20.2. The van der Waals surface area contributed by atoms with E-state index in [1.165, 1.54) is 57.8 Å². The van der Waals surface area contributed by atoms with E-state index in [1.807, 2.05) is 28.8 Å². The average Bonchev–Trinajstić information content (AvgIpc) is 2.62. The summed E-state index contributed by atoms with van der Waals surface area (Å²) in [6, 6.07) is 10.4. The third-order valence-corrected chi connectivity index (χ3v) is 8.69. The van der Waals surface area contributed by atoms with Crippen LogP contribution < -0.4 is 5.56 Å². The molecule has 3 saturated carbocycles. The molecule has 0 amide bonds. The number of nitrogens with zero attached hydrogens (tertiary/aromatic N) is 3. The van der Waals surface area contributed by atoms with Crippen LogP contribution in [-0.4, -0.2) is 32.6 Å². The molecular formula is C23H28ClN3O. The lowest BCUT2D eigenvalue weighted by Gasteiger charge is -2.81. The molecule has 0 radical (unpaired) electrons. The van der Waals surface area contributed by atoms with E-state index in [1.54, 1.807) is 0 Å². The largest absolute Gasteiger partial charge is 0.300 e. The van der Waals surface area contributed by atoms with Gasteiger partial charge >= 0.3 is 0 Å². The van der Waals surface area contributed by atoms with Gasteiger partial charge in [-0.15, -0.1) is 0 Å². The first-order valence-corrected chi connectivity index (χ1v) is 11.5. The third kappa shape index (κ3) is 2.16. The van der Waals surface area contributed by atoms with Gasteiger partial charge in [0.25, 0.3) is 5.56 Å². The predicted molar refractivity (Wildman–Crippen MR) is 112 cm³/mol. The van der Waals surface area contributed by atoms with Crippen molar-refractivity contribution in [2.75, 3.05) is 0 Å². The Labute approximate surface area is 170 Å². The molecule has 4 atom stereocenters. The van der Waals surface area contributed by atoms with Crippen molar-refractivity contribution >= 4 is 22.6 Å². The molecule has 0 N–H and O–H groups in total. The summed E-state index contributed by atoms with van der Waals surface area (Å²) in [6.45, 7) is 0. The molecule has 1 aromatic heterocycles. The summed E-state index contributed by atoms with van der Waals surface area (Å²) in [5.41, 5.74) is 2.00. The number of para-hydroxylation sites is 2. The molecule has 6 rings (SSSR count). The molecule has 1 aromatic carbocycles. The second kappa shape index (κ2) is 6.30. The lowest BCUT2D eigenvalue weighted by molar-refractivity contribution is -0.308. The second-order valence-corrected chi connectivity index (χ2v) is 9.80. The zero-order valence-electron chi connectivity index (χ0n) is 16.3. The molecule has 148 valence electrons. The number of aromatic nitrogens is 2. The molecule has 2 aromatic rings. The highest BCUT2D eigenvalue weighted by Crippen LogP contribution is 2.73. The van der Waals surface area contributed by atoms with E-state index >= 15 is 0 Å². The summed E-state index contributed by atoms with van der Waals surface area (Å²) < 4.78 is 2.00. The summed E-state index contributed by atoms with van der Waals surface area (Å²) >= 11 is 6.25. The number of benzene rings is 1. The number of rotatable bonds is 2. The van der Waals surface area contributed by atoms with Crippen molar-refractivity contribution in [1.29, 1.82) is 0 Å². The van der Waals surface area contributed by atoms with Crippen molar-refractivity contribution in [2.24, 2.45) is 5.41 Å². The minimum atomic E-state index is -0.103. The van der Waals surface area contributed by atoms with E-state index in [-0.39, 0.29) is 10.7 Å². The van der Waals surface area contributed by atoms with Gasteiger partial charge in [-0.3, -0.25) is 9.69 Å². The minimum absolute atomic E-state index is 0.103. The third-order valence-electron chi connectivity index (χ3n) is 8.44. The standard InChI is InChI=1S/C23H28ClN3O/c24-21-22(28)27(17-11-7-6-10-16(17)25-21)20-14-19-23(20)13-12-18(23)26(19)15-8-4-2-1-3-5-9-15/h6-7,10-11,15,18-20H,1-5,8-9,12-14H2/t18?,19-,20-,23?/m1/s1. The second-order valence-electron chi connectivity index (χ2n) is 9.45. The van der Waals surface area contributed by atoms with E-state index in [4.69, 9.17) is 11.6 Å². The van der Waals surface area contributed by atoms with Crippen LogP contribution in [0.15, 0.2) is 29.1 Å². The zero-order chi connectivity index (χ0) is 18.9. The first-order chi connectivity index (χ1) is 13.7. The van der Waals surface area contributed by atoms with Crippen molar-refractivity contribution in [3.63, 3.8) is 0 Å². The smallest absolute Gasteiger partial charge is 0.289 e. The van der Waals surface area contributed by atoms with Crippen molar-refractivity contribution in [2.45, 2.75) is 88.4 Å². The van der Waals surface area contributed by atoms with Gasteiger partial charge in [0.15, 0.2) is 5.15 Å². The topological polar surface area (TPSA) is 38.1 Å². The number of hydrogen-bond donors (Lipinski definition) is 0. The van der Waals surface area contributed by atoms with Gasteiger partial charge in [-0.2, -0.15) is 0 Å². The summed E-state index contributed by atoms with van der Waals surface area (Å²) in [7, 11) is 0. The van der Waals surface area contributed by atoms with E-state index in [0.29, 0.717) is 23.5 Å². The van der Waals surface area contributed by atoms with Gasteiger partial charge in [0.2, 0.25) is 0 Å². The Morgan fingerprint density at radius 1 is 0.964 bits per heavy atom. The van der Waals surface area contributed by atoms with E-state index in [2.05, 4.69) is 9.88 Å². The van der Waals surface area contributed by atoms with Gasteiger partial charge in [0, 0.05) is 29.6 Å². The van der Waals surface area contributed by atoms with Gasteiger partial charge in [-0.1, -0.05) is 55.8 Å². The highest BCUT2D eigenvalue weighted by atomic mass is 35.5. The minimum Gasteiger partial charge on any atom is -0.300 e. The average molecular weight is 398 g/mol. The van der Waals surface area contributed by atoms with Gasteiger partial charge in [0.1, 0.15) is 0 Å². The first kappa shape index (κ1) is 17.5. The Balaban J connectivity index is 1.33. The molecule has 3 aliphatic carbocycles. The van der Waals surface area contributed by atoms with Crippen LogP contribution in [0.4, 0.5) is 0 Å². The number of hydrogen-bond acceptors (Lipinski definition) is 3. The first-order valence-electron chi connectivity index (χ1n) is 11.2. The molecule has 2 heterocycles. The van der Waals surface area contributed by atoms with Crippen LogP contribution in [0.5, 0.6) is 0 Å². The van der Waals surface area contributed by atoms with E-state index < -0.39 is 0 Å². The Hall–Kier alpha value is -1.39. The van der Waals surface area contributed by atoms with Crippen LogP contribution in [0, 0.1) is 5.41 Å². The van der Waals surface area contributed by atoms with Crippen molar-refractivity contribution in [3.8, 4) is 0 Å². The molecule has 4 fully saturated rings. The molecule has 4 aliphatic rings. The van der Waals surface area contributed by atoms with Gasteiger partial charge in [0.05, 0.1) is 11.0 Å². The van der Waals surface area contributed by atoms with Crippen molar-refractivity contribution in [3.05, 3.63) is 39.8 Å². The molecule has 28 heavy (non-hydrogen) atoms. The maximum Gasteiger partial charge on any atom is 0.289 e. The van der Waals surface area contributed by atoms with Crippen LogP contribution in [0.3, 0.4) is 0 Å². The fourth-order valence-corrected chi connectivity index (χ4v) is 7.26. The summed E-state index contributed by atoms with van der Waals surface area (Å²) in [6.07, 6.45) is 13.4. The maximum atomic E-state index is 13.0. The normalized spacial score (nSPS) is 35.7.